The molecule has 2 N–H and O–H groups in total. The molecule has 0 amide bonds. The van der Waals surface area contributed by atoms with E-state index in [1.54, 1.807) is 18.2 Å². The van der Waals surface area contributed by atoms with Gasteiger partial charge in [-0.1, -0.05) is 26.0 Å². The summed E-state index contributed by atoms with van der Waals surface area (Å²) < 4.78 is 0. The zero-order chi connectivity index (χ0) is 11.4. The topological polar surface area (TPSA) is 49.3 Å². The summed E-state index contributed by atoms with van der Waals surface area (Å²) in [5, 5.41) is 12.1. The van der Waals surface area contributed by atoms with Gasteiger partial charge in [0, 0.05) is 6.04 Å². The molecule has 3 heteroatoms. The minimum atomic E-state index is -0.879. The molecule has 15 heavy (non-hydrogen) atoms. The lowest BCUT2D eigenvalue weighted by Crippen LogP contribution is -2.21. The van der Waals surface area contributed by atoms with E-state index in [4.69, 9.17) is 5.11 Å². The number of rotatable bonds is 4. The van der Waals surface area contributed by atoms with Gasteiger partial charge < -0.3 is 10.4 Å². The van der Waals surface area contributed by atoms with Crippen LogP contribution >= 0.6 is 0 Å². The van der Waals surface area contributed by atoms with Crippen LogP contribution in [0.5, 0.6) is 0 Å². The molecule has 1 aromatic rings. The average Bonchev–Trinajstić information content (AvgIpc) is 2.18. The first-order valence-electron chi connectivity index (χ1n) is 5.06. The third-order valence-corrected chi connectivity index (χ3v) is 2.47. The van der Waals surface area contributed by atoms with E-state index in [1.807, 2.05) is 13.1 Å². The molecule has 82 valence electrons. The third kappa shape index (κ3) is 2.80. The largest absolute Gasteiger partial charge is 0.478 e. The molecule has 0 aromatic heterocycles. The third-order valence-electron chi connectivity index (χ3n) is 2.47. The quantitative estimate of drug-likeness (QED) is 0.796. The van der Waals surface area contributed by atoms with E-state index in [2.05, 4.69) is 19.2 Å². The molecule has 3 nitrogen and oxygen atoms in total. The Labute approximate surface area is 90.1 Å². The monoisotopic (exact) mass is 207 g/mol. The van der Waals surface area contributed by atoms with Crippen LogP contribution in [-0.2, 0) is 0 Å². The summed E-state index contributed by atoms with van der Waals surface area (Å²) >= 11 is 0. The SMILES string of the molecule is CNC(c1cccc(C(=O)O)c1)C(C)C. The maximum Gasteiger partial charge on any atom is 0.335 e. The molecular formula is C12H17NO2. The Morgan fingerprint density at radius 1 is 1.40 bits per heavy atom. The Kier molecular flexibility index (Phi) is 3.86. The van der Waals surface area contributed by atoms with Crippen LogP contribution in [0.4, 0.5) is 0 Å². The number of hydrogen-bond donors (Lipinski definition) is 2. The number of nitrogens with one attached hydrogen (secondary N) is 1. The van der Waals surface area contributed by atoms with E-state index in [1.165, 1.54) is 0 Å². The lowest BCUT2D eigenvalue weighted by Gasteiger charge is -2.20. The first-order valence-corrected chi connectivity index (χ1v) is 5.06. The van der Waals surface area contributed by atoms with Gasteiger partial charge in [0.1, 0.15) is 0 Å². The van der Waals surface area contributed by atoms with Gasteiger partial charge in [0.05, 0.1) is 5.56 Å². The van der Waals surface area contributed by atoms with Crippen molar-refractivity contribution < 1.29 is 9.90 Å². The maximum absolute atomic E-state index is 10.8. The molecule has 0 radical (unpaired) electrons. The van der Waals surface area contributed by atoms with Crippen LogP contribution < -0.4 is 5.32 Å². The first-order chi connectivity index (χ1) is 7.06. The Balaban J connectivity index is 3.03. The summed E-state index contributed by atoms with van der Waals surface area (Å²) in [6.45, 7) is 4.21. The van der Waals surface area contributed by atoms with Crippen molar-refractivity contribution in [3.05, 3.63) is 35.4 Å². The summed E-state index contributed by atoms with van der Waals surface area (Å²) in [6, 6.07) is 7.27. The van der Waals surface area contributed by atoms with Crippen LogP contribution in [0.3, 0.4) is 0 Å². The van der Waals surface area contributed by atoms with E-state index in [-0.39, 0.29) is 6.04 Å². The highest BCUT2D eigenvalue weighted by atomic mass is 16.4. The van der Waals surface area contributed by atoms with Crippen molar-refractivity contribution in [3.63, 3.8) is 0 Å². The van der Waals surface area contributed by atoms with Crippen molar-refractivity contribution in [2.75, 3.05) is 7.05 Å². The molecule has 1 unspecified atom stereocenters. The first kappa shape index (κ1) is 11.7. The van der Waals surface area contributed by atoms with E-state index in [0.717, 1.165) is 5.56 Å². The summed E-state index contributed by atoms with van der Waals surface area (Å²) in [7, 11) is 1.89. The van der Waals surface area contributed by atoms with Gasteiger partial charge in [-0.25, -0.2) is 4.79 Å². The van der Waals surface area contributed by atoms with Crippen LogP contribution in [0, 0.1) is 5.92 Å². The van der Waals surface area contributed by atoms with Crippen molar-refractivity contribution >= 4 is 5.97 Å². The number of carboxylic acids is 1. The minimum absolute atomic E-state index is 0.198. The van der Waals surface area contributed by atoms with Gasteiger partial charge >= 0.3 is 5.97 Å². The molecule has 0 heterocycles. The summed E-state index contributed by atoms with van der Waals surface area (Å²) in [5.41, 5.74) is 1.36. The second-order valence-corrected chi connectivity index (χ2v) is 3.94. The predicted octanol–water partition coefficient (Wildman–Crippen LogP) is 2.30. The highest BCUT2D eigenvalue weighted by Crippen LogP contribution is 2.21. The van der Waals surface area contributed by atoms with Crippen LogP contribution in [0.2, 0.25) is 0 Å². The van der Waals surface area contributed by atoms with E-state index in [9.17, 15) is 4.79 Å². The molecule has 0 aliphatic carbocycles. The second-order valence-electron chi connectivity index (χ2n) is 3.94. The van der Waals surface area contributed by atoms with Crippen LogP contribution in [0.15, 0.2) is 24.3 Å². The number of carbonyl (C=O) groups is 1. The van der Waals surface area contributed by atoms with Crippen LogP contribution in [-0.4, -0.2) is 18.1 Å². The lowest BCUT2D eigenvalue weighted by molar-refractivity contribution is 0.0696. The van der Waals surface area contributed by atoms with Gasteiger partial charge in [0.2, 0.25) is 0 Å². The van der Waals surface area contributed by atoms with Crippen molar-refractivity contribution in [1.29, 1.82) is 0 Å². The highest BCUT2D eigenvalue weighted by molar-refractivity contribution is 5.87. The average molecular weight is 207 g/mol. The summed E-state index contributed by atoms with van der Waals surface area (Å²) in [5.74, 6) is -0.450. The number of aromatic carboxylic acids is 1. The van der Waals surface area contributed by atoms with Gasteiger partial charge in [-0.05, 0) is 30.7 Å². The smallest absolute Gasteiger partial charge is 0.335 e. The van der Waals surface area contributed by atoms with Crippen LogP contribution in [0.25, 0.3) is 0 Å². The lowest BCUT2D eigenvalue weighted by atomic mass is 9.95. The molecule has 0 spiro atoms. The van der Waals surface area contributed by atoms with E-state index < -0.39 is 5.97 Å². The van der Waals surface area contributed by atoms with Crippen molar-refractivity contribution in [3.8, 4) is 0 Å². The number of carboxylic acid groups (broad SMARTS) is 1. The molecule has 1 atom stereocenters. The maximum atomic E-state index is 10.8. The summed E-state index contributed by atoms with van der Waals surface area (Å²) in [4.78, 5) is 10.8. The van der Waals surface area contributed by atoms with Crippen molar-refractivity contribution in [1.82, 2.24) is 5.32 Å². The standard InChI is InChI=1S/C12H17NO2/c1-8(2)11(13-3)9-5-4-6-10(7-9)12(14)15/h4-8,11,13H,1-3H3,(H,14,15). The Morgan fingerprint density at radius 3 is 2.53 bits per heavy atom. The zero-order valence-corrected chi connectivity index (χ0v) is 9.32. The highest BCUT2D eigenvalue weighted by Gasteiger charge is 2.14. The fourth-order valence-electron chi connectivity index (χ4n) is 1.75. The molecule has 0 aliphatic heterocycles. The summed E-state index contributed by atoms with van der Waals surface area (Å²) in [6.07, 6.45) is 0. The molecular weight excluding hydrogens is 190 g/mol. The van der Waals surface area contributed by atoms with Gasteiger partial charge in [0.25, 0.3) is 0 Å². The normalized spacial score (nSPS) is 12.8. The van der Waals surface area contributed by atoms with Crippen molar-refractivity contribution in [2.24, 2.45) is 5.92 Å². The Hall–Kier alpha value is -1.35. The molecule has 1 aromatic carbocycles. The fourth-order valence-corrected chi connectivity index (χ4v) is 1.75. The van der Waals surface area contributed by atoms with E-state index >= 15 is 0 Å². The van der Waals surface area contributed by atoms with Gasteiger partial charge in [0.15, 0.2) is 0 Å². The van der Waals surface area contributed by atoms with E-state index in [0.29, 0.717) is 11.5 Å². The molecule has 1 rings (SSSR count). The van der Waals surface area contributed by atoms with Gasteiger partial charge in [-0.3, -0.25) is 0 Å². The van der Waals surface area contributed by atoms with Gasteiger partial charge in [-0.15, -0.1) is 0 Å². The van der Waals surface area contributed by atoms with Gasteiger partial charge in [-0.2, -0.15) is 0 Å². The molecule has 0 fully saturated rings. The Morgan fingerprint density at radius 2 is 2.07 bits per heavy atom. The minimum Gasteiger partial charge on any atom is -0.478 e. The Bertz CT molecular complexity index is 347. The predicted molar refractivity (Wildman–Crippen MR) is 60.0 cm³/mol. The second kappa shape index (κ2) is 4.94. The number of hydrogen-bond acceptors (Lipinski definition) is 2. The molecule has 0 saturated carbocycles. The number of benzene rings is 1. The fraction of sp³-hybridized carbons (Fsp3) is 0.417. The van der Waals surface area contributed by atoms with Crippen molar-refractivity contribution in [2.45, 2.75) is 19.9 Å². The van der Waals surface area contributed by atoms with Crippen LogP contribution in [0.1, 0.15) is 35.8 Å². The molecule has 0 saturated heterocycles. The molecule has 0 aliphatic rings. The zero-order valence-electron chi connectivity index (χ0n) is 9.32. The molecule has 0 bridgehead atoms.